The van der Waals surface area contributed by atoms with Crippen LogP contribution in [-0.2, 0) is 6.61 Å². The molecule has 0 aliphatic rings. The Labute approximate surface area is 204 Å². The van der Waals surface area contributed by atoms with Crippen LogP contribution in [0.2, 0.25) is 5.02 Å². The number of carbonyl (C=O) groups excluding carboxylic acids is 1. The molecule has 0 aliphatic carbocycles. The summed E-state index contributed by atoms with van der Waals surface area (Å²) < 4.78 is 17.3. The van der Waals surface area contributed by atoms with Crippen molar-refractivity contribution >= 4 is 29.5 Å². The maximum atomic E-state index is 12.7. The van der Waals surface area contributed by atoms with Crippen LogP contribution >= 0.6 is 11.6 Å². The van der Waals surface area contributed by atoms with Crippen molar-refractivity contribution in [3.8, 4) is 17.3 Å². The fourth-order valence-electron chi connectivity index (χ4n) is 3.06. The number of carbonyl (C=O) groups is 1. The van der Waals surface area contributed by atoms with Gasteiger partial charge in [-0.1, -0.05) is 28.9 Å². The van der Waals surface area contributed by atoms with Crippen molar-refractivity contribution in [2.24, 2.45) is 5.10 Å². The monoisotopic (exact) mass is 496 g/mol. The lowest BCUT2D eigenvalue weighted by Gasteiger charge is -2.12. The molecule has 4 aromatic rings. The first-order chi connectivity index (χ1) is 17.0. The number of nitrogens with zero attached hydrogens (tertiary/aromatic N) is 6. The average molecular weight is 497 g/mol. The van der Waals surface area contributed by atoms with Gasteiger partial charge in [-0.3, -0.25) is 4.79 Å². The molecule has 0 bridgehead atoms. The highest BCUT2D eigenvalue weighted by atomic mass is 35.5. The summed E-state index contributed by atoms with van der Waals surface area (Å²) in [5.41, 5.74) is 10.2. The predicted molar refractivity (Wildman–Crippen MR) is 127 cm³/mol. The fourth-order valence-corrected chi connectivity index (χ4v) is 3.18. The molecule has 180 valence electrons. The number of nitrogens with two attached hydrogens (primary N) is 1. The lowest BCUT2D eigenvalue weighted by Crippen LogP contribution is -2.22. The number of ether oxygens (including phenoxy) is 2. The minimum atomic E-state index is -0.570. The van der Waals surface area contributed by atoms with Crippen molar-refractivity contribution in [3.05, 3.63) is 70.0 Å². The second-order valence-corrected chi connectivity index (χ2v) is 7.60. The molecule has 2 aromatic heterocycles. The first-order valence-electron chi connectivity index (χ1n) is 10.4. The van der Waals surface area contributed by atoms with Crippen LogP contribution in [-0.4, -0.2) is 44.0 Å². The first kappa shape index (κ1) is 23.7. The second kappa shape index (κ2) is 10.7. The minimum absolute atomic E-state index is 0.0331. The molecular weight excluding hydrogens is 476 g/mol. The number of hydrazone groups is 1. The lowest BCUT2D eigenvalue weighted by molar-refractivity contribution is 0.0946. The van der Waals surface area contributed by atoms with Gasteiger partial charge in [0.1, 0.15) is 6.61 Å². The molecule has 0 atom stereocenters. The van der Waals surface area contributed by atoms with Gasteiger partial charge in [-0.2, -0.15) is 9.78 Å². The van der Waals surface area contributed by atoms with E-state index in [4.69, 9.17) is 26.8 Å². The van der Waals surface area contributed by atoms with Gasteiger partial charge in [0.15, 0.2) is 17.2 Å². The Hall–Kier alpha value is -4.45. The van der Waals surface area contributed by atoms with Crippen LogP contribution in [0.25, 0.3) is 5.82 Å². The number of benzene rings is 2. The van der Waals surface area contributed by atoms with E-state index < -0.39 is 5.91 Å². The van der Waals surface area contributed by atoms with E-state index in [1.54, 1.807) is 37.3 Å². The highest BCUT2D eigenvalue weighted by molar-refractivity contribution is 6.30. The van der Waals surface area contributed by atoms with Crippen LogP contribution in [0.4, 0.5) is 5.82 Å². The van der Waals surface area contributed by atoms with E-state index in [2.05, 4.69) is 35.8 Å². The summed E-state index contributed by atoms with van der Waals surface area (Å²) in [4.78, 5) is 12.7. The Balaban J connectivity index is 1.45. The third-order valence-electron chi connectivity index (χ3n) is 4.70. The van der Waals surface area contributed by atoms with E-state index in [1.165, 1.54) is 6.21 Å². The maximum absolute atomic E-state index is 12.7. The summed E-state index contributed by atoms with van der Waals surface area (Å²) in [6, 6.07) is 12.7. The van der Waals surface area contributed by atoms with Gasteiger partial charge >= 0.3 is 0 Å². The van der Waals surface area contributed by atoms with Crippen molar-refractivity contribution < 1.29 is 18.9 Å². The van der Waals surface area contributed by atoms with E-state index in [0.29, 0.717) is 41.0 Å². The zero-order valence-corrected chi connectivity index (χ0v) is 19.6. The van der Waals surface area contributed by atoms with Crippen molar-refractivity contribution in [1.29, 1.82) is 0 Å². The predicted octanol–water partition coefficient (Wildman–Crippen LogP) is 2.94. The van der Waals surface area contributed by atoms with Crippen LogP contribution in [0.5, 0.6) is 11.5 Å². The smallest absolute Gasteiger partial charge is 0.292 e. The Kier molecular flexibility index (Phi) is 7.21. The fraction of sp³-hybridized carbons (Fsp3) is 0.182. The molecule has 0 fully saturated rings. The second-order valence-electron chi connectivity index (χ2n) is 7.16. The molecule has 0 saturated heterocycles. The van der Waals surface area contributed by atoms with Gasteiger partial charge in [-0.25, -0.2) is 10.1 Å². The number of nitrogens with one attached hydrogen (secondary N) is 1. The zero-order chi connectivity index (χ0) is 24.8. The van der Waals surface area contributed by atoms with E-state index in [-0.39, 0.29) is 17.3 Å². The normalized spacial score (nSPS) is 11.1. The molecule has 0 aliphatic heterocycles. The molecule has 1 amide bonds. The zero-order valence-electron chi connectivity index (χ0n) is 18.8. The van der Waals surface area contributed by atoms with Gasteiger partial charge in [0.25, 0.3) is 5.91 Å². The summed E-state index contributed by atoms with van der Waals surface area (Å²) in [6.07, 6.45) is 1.47. The minimum Gasteiger partial charge on any atom is -0.490 e. The van der Waals surface area contributed by atoms with E-state index >= 15 is 0 Å². The van der Waals surface area contributed by atoms with Crippen molar-refractivity contribution in [3.63, 3.8) is 0 Å². The molecule has 2 aromatic carbocycles. The van der Waals surface area contributed by atoms with Gasteiger partial charge in [0.2, 0.25) is 11.6 Å². The number of hydrogen-bond acceptors (Lipinski definition) is 10. The first-order valence-corrected chi connectivity index (χ1v) is 10.8. The van der Waals surface area contributed by atoms with Gasteiger partial charge in [0, 0.05) is 5.02 Å². The number of halogens is 1. The van der Waals surface area contributed by atoms with Gasteiger partial charge in [-0.15, -0.1) is 5.10 Å². The van der Waals surface area contributed by atoms with Crippen molar-refractivity contribution in [2.45, 2.75) is 20.5 Å². The number of aryl methyl sites for hydroxylation is 1. The largest absolute Gasteiger partial charge is 0.490 e. The van der Waals surface area contributed by atoms with Crippen molar-refractivity contribution in [1.82, 2.24) is 30.7 Å². The summed E-state index contributed by atoms with van der Waals surface area (Å²) >= 11 is 5.93. The van der Waals surface area contributed by atoms with E-state index in [1.807, 2.05) is 19.1 Å². The molecule has 0 radical (unpaired) electrons. The molecule has 0 unspecified atom stereocenters. The van der Waals surface area contributed by atoms with Crippen LogP contribution in [0.3, 0.4) is 0 Å². The van der Waals surface area contributed by atoms with Crippen LogP contribution < -0.4 is 20.6 Å². The quantitative estimate of drug-likeness (QED) is 0.262. The summed E-state index contributed by atoms with van der Waals surface area (Å²) in [6.45, 7) is 4.29. The third kappa shape index (κ3) is 5.55. The van der Waals surface area contributed by atoms with E-state index in [9.17, 15) is 4.79 Å². The summed E-state index contributed by atoms with van der Waals surface area (Å²) in [5.74, 6) is 0.569. The molecule has 13 heteroatoms. The summed E-state index contributed by atoms with van der Waals surface area (Å²) in [5, 5.41) is 19.6. The van der Waals surface area contributed by atoms with Crippen molar-refractivity contribution in [2.75, 3.05) is 12.3 Å². The topological polar surface area (TPSA) is 156 Å². The molecular formula is C22H21ClN8O4. The Morgan fingerprint density at radius 3 is 2.71 bits per heavy atom. The number of nitrogen functional groups attached to an aromatic ring is 1. The molecule has 0 saturated carbocycles. The number of rotatable bonds is 9. The maximum Gasteiger partial charge on any atom is 0.292 e. The number of amides is 1. The molecule has 12 nitrogen and oxygen atoms in total. The van der Waals surface area contributed by atoms with Crippen LogP contribution in [0, 0.1) is 6.92 Å². The highest BCUT2D eigenvalue weighted by Crippen LogP contribution is 2.29. The number of aromatic nitrogens is 5. The third-order valence-corrected chi connectivity index (χ3v) is 4.96. The molecule has 4 rings (SSSR count). The van der Waals surface area contributed by atoms with Gasteiger partial charge in [0.05, 0.1) is 18.5 Å². The average Bonchev–Trinajstić information content (AvgIpc) is 3.44. The number of anilines is 1. The SMILES string of the molecule is CCOc1cc(C=NNC(=O)c2c(C)nnn2-c2nonc2N)ccc1OCc1ccc(Cl)cc1. The molecule has 2 heterocycles. The lowest BCUT2D eigenvalue weighted by atomic mass is 10.2. The molecule has 3 N–H and O–H groups in total. The van der Waals surface area contributed by atoms with Gasteiger partial charge in [-0.05, 0) is 65.6 Å². The Morgan fingerprint density at radius 2 is 2.00 bits per heavy atom. The Bertz CT molecular complexity index is 1350. The van der Waals surface area contributed by atoms with Crippen LogP contribution in [0.15, 0.2) is 52.2 Å². The standard InChI is InChI=1S/C22H21ClN8O4/c1-3-33-18-10-15(6-9-17(18)34-12-14-4-7-16(23)8-5-14)11-25-27-22(32)19-13(2)26-30-31(19)21-20(24)28-35-29-21/h4-11H,3,12H2,1-2H3,(H2,24,28)(H,27,32). The summed E-state index contributed by atoms with van der Waals surface area (Å²) in [7, 11) is 0. The van der Waals surface area contributed by atoms with E-state index in [0.717, 1.165) is 10.2 Å². The highest BCUT2D eigenvalue weighted by Gasteiger charge is 2.22. The molecule has 0 spiro atoms. The van der Waals surface area contributed by atoms with Crippen LogP contribution in [0.1, 0.15) is 34.2 Å². The Morgan fingerprint density at radius 1 is 1.20 bits per heavy atom. The number of hydrogen-bond donors (Lipinski definition) is 2. The molecule has 35 heavy (non-hydrogen) atoms. The van der Waals surface area contributed by atoms with Gasteiger partial charge < -0.3 is 15.2 Å².